The summed E-state index contributed by atoms with van der Waals surface area (Å²) in [5, 5.41) is 2.26. The fourth-order valence-electron chi connectivity index (χ4n) is 1.07. The molecular formula is C9H11BrClNO5S2. The molecule has 1 amide bonds. The first-order chi connectivity index (χ1) is 8.62. The van der Waals surface area contributed by atoms with E-state index >= 15 is 0 Å². The predicted octanol–water partition coefficient (Wildman–Crippen LogP) is 1.47. The highest BCUT2D eigenvalue weighted by atomic mass is 79.9. The Bertz CT molecular complexity index is 612. The summed E-state index contributed by atoms with van der Waals surface area (Å²) in [7, 11) is 0.105. The Kier molecular flexibility index (Phi) is 5.60. The minimum atomic E-state index is -3.99. The zero-order valence-electron chi connectivity index (χ0n) is 9.98. The zero-order valence-corrected chi connectivity index (χ0v) is 14.0. The molecule has 0 fully saturated rings. The second kappa shape index (κ2) is 6.38. The standard InChI is InChI=1S/C9H11BrClNO5S2/c1-5(18(2)14)4-12-9(13)6-3-7(8(10)17-6)19(11,15)16/h3,5H,4H2,1-2H3,(H,12,13). The number of hydrogen-bond donors (Lipinski definition) is 1. The molecule has 0 aliphatic carbocycles. The molecule has 1 aromatic rings. The van der Waals surface area contributed by atoms with E-state index in [0.29, 0.717) is 0 Å². The monoisotopic (exact) mass is 391 g/mol. The van der Waals surface area contributed by atoms with Crippen LogP contribution in [0.25, 0.3) is 0 Å². The van der Waals surface area contributed by atoms with Gasteiger partial charge in [-0.3, -0.25) is 9.00 Å². The lowest BCUT2D eigenvalue weighted by Gasteiger charge is -2.08. The van der Waals surface area contributed by atoms with E-state index in [1.807, 2.05) is 0 Å². The Morgan fingerprint density at radius 1 is 1.63 bits per heavy atom. The molecule has 0 bridgehead atoms. The Labute approximate surface area is 125 Å². The highest BCUT2D eigenvalue weighted by molar-refractivity contribution is 9.10. The SMILES string of the molecule is CC(CNC(=O)c1cc(S(=O)(=O)Cl)c(Br)o1)S(C)=O. The molecule has 2 atom stereocenters. The Balaban J connectivity index is 2.82. The second-order valence-electron chi connectivity index (χ2n) is 3.71. The summed E-state index contributed by atoms with van der Waals surface area (Å²) in [6.45, 7) is 1.90. The van der Waals surface area contributed by atoms with E-state index in [4.69, 9.17) is 15.1 Å². The van der Waals surface area contributed by atoms with Gasteiger partial charge in [0, 0.05) is 45.6 Å². The molecule has 0 aromatic carbocycles. The molecule has 1 aromatic heterocycles. The topological polar surface area (TPSA) is 93.4 Å². The fraction of sp³-hybridized carbons (Fsp3) is 0.444. The molecule has 1 rings (SSSR count). The van der Waals surface area contributed by atoms with Crippen LogP contribution in [0.15, 0.2) is 20.0 Å². The van der Waals surface area contributed by atoms with Crippen molar-refractivity contribution in [2.24, 2.45) is 0 Å². The summed E-state index contributed by atoms with van der Waals surface area (Å²) >= 11 is 2.87. The lowest BCUT2D eigenvalue weighted by molar-refractivity contribution is 0.0925. The molecular weight excluding hydrogens is 382 g/mol. The number of carbonyl (C=O) groups is 1. The van der Waals surface area contributed by atoms with E-state index in [2.05, 4.69) is 21.2 Å². The summed E-state index contributed by atoms with van der Waals surface area (Å²) < 4.78 is 38.2. The first-order valence-corrected chi connectivity index (χ1v) is 9.69. The van der Waals surface area contributed by atoms with Crippen molar-refractivity contribution in [3.8, 4) is 0 Å². The number of halogens is 2. The first kappa shape index (κ1) is 16.7. The quantitative estimate of drug-likeness (QED) is 0.766. The van der Waals surface area contributed by atoms with Gasteiger partial charge in [0.1, 0.15) is 4.90 Å². The van der Waals surface area contributed by atoms with E-state index in [1.165, 1.54) is 6.26 Å². The van der Waals surface area contributed by atoms with Crippen LogP contribution < -0.4 is 5.32 Å². The number of furan rings is 1. The number of nitrogens with one attached hydrogen (secondary N) is 1. The number of carbonyl (C=O) groups excluding carboxylic acids is 1. The molecule has 6 nitrogen and oxygen atoms in total. The van der Waals surface area contributed by atoms with Crippen LogP contribution in [-0.2, 0) is 19.9 Å². The summed E-state index contributed by atoms with van der Waals surface area (Å²) in [5.41, 5.74) is 0. The molecule has 1 heterocycles. The second-order valence-corrected chi connectivity index (χ2v) is 8.76. The molecule has 0 radical (unpaired) electrons. The molecule has 0 aliphatic heterocycles. The molecule has 0 saturated heterocycles. The Morgan fingerprint density at radius 2 is 2.21 bits per heavy atom. The lowest BCUT2D eigenvalue weighted by Crippen LogP contribution is -2.32. The van der Waals surface area contributed by atoms with Gasteiger partial charge in [0.05, 0.1) is 0 Å². The van der Waals surface area contributed by atoms with Crippen LogP contribution in [0.3, 0.4) is 0 Å². The zero-order chi connectivity index (χ0) is 14.8. The summed E-state index contributed by atoms with van der Waals surface area (Å²) in [4.78, 5) is 11.4. The first-order valence-electron chi connectivity index (χ1n) is 4.97. The van der Waals surface area contributed by atoms with Crippen LogP contribution in [0, 0.1) is 0 Å². The van der Waals surface area contributed by atoms with E-state index in [0.717, 1.165) is 6.07 Å². The third-order valence-corrected chi connectivity index (χ3v) is 5.74. The summed E-state index contributed by atoms with van der Waals surface area (Å²) in [5.74, 6) is -0.801. The van der Waals surface area contributed by atoms with Crippen LogP contribution in [0.1, 0.15) is 17.5 Å². The minimum absolute atomic E-state index is 0.139. The van der Waals surface area contributed by atoms with Gasteiger partial charge in [-0.15, -0.1) is 0 Å². The Morgan fingerprint density at radius 3 is 2.63 bits per heavy atom. The largest absolute Gasteiger partial charge is 0.443 e. The van der Waals surface area contributed by atoms with E-state index in [-0.39, 0.29) is 27.1 Å². The van der Waals surface area contributed by atoms with E-state index < -0.39 is 25.8 Å². The van der Waals surface area contributed by atoms with Crippen LogP contribution in [0.4, 0.5) is 0 Å². The normalized spacial score (nSPS) is 14.9. The van der Waals surface area contributed by atoms with Gasteiger partial charge in [-0.2, -0.15) is 0 Å². The molecule has 0 aliphatic rings. The molecule has 0 saturated carbocycles. The van der Waals surface area contributed by atoms with Crippen LogP contribution in [0.5, 0.6) is 0 Å². The highest BCUT2D eigenvalue weighted by Gasteiger charge is 2.23. The van der Waals surface area contributed by atoms with Crippen molar-refractivity contribution >= 4 is 52.4 Å². The van der Waals surface area contributed by atoms with Crippen molar-refractivity contribution in [3.63, 3.8) is 0 Å². The van der Waals surface area contributed by atoms with Gasteiger partial charge in [-0.1, -0.05) is 0 Å². The summed E-state index contributed by atoms with van der Waals surface area (Å²) in [6.07, 6.45) is 1.53. The molecule has 2 unspecified atom stereocenters. The average Bonchev–Trinajstić information content (AvgIpc) is 2.67. The highest BCUT2D eigenvalue weighted by Crippen LogP contribution is 2.28. The van der Waals surface area contributed by atoms with Gasteiger partial charge in [0.25, 0.3) is 15.0 Å². The molecule has 19 heavy (non-hydrogen) atoms. The van der Waals surface area contributed by atoms with Crippen molar-refractivity contribution in [2.75, 3.05) is 12.8 Å². The van der Waals surface area contributed by atoms with Gasteiger partial charge < -0.3 is 9.73 Å². The van der Waals surface area contributed by atoms with Crippen LogP contribution >= 0.6 is 26.6 Å². The van der Waals surface area contributed by atoms with E-state index in [1.54, 1.807) is 6.92 Å². The van der Waals surface area contributed by atoms with Gasteiger partial charge in [-0.25, -0.2) is 8.42 Å². The molecule has 10 heteroatoms. The maximum Gasteiger partial charge on any atom is 0.287 e. The number of rotatable bonds is 5. The summed E-state index contributed by atoms with van der Waals surface area (Å²) in [6, 6.07) is 1.02. The molecule has 1 N–H and O–H groups in total. The van der Waals surface area contributed by atoms with E-state index in [9.17, 15) is 17.4 Å². The van der Waals surface area contributed by atoms with Crippen molar-refractivity contribution in [3.05, 3.63) is 16.5 Å². The van der Waals surface area contributed by atoms with Crippen LogP contribution in [0.2, 0.25) is 0 Å². The number of amides is 1. The van der Waals surface area contributed by atoms with Crippen molar-refractivity contribution < 1.29 is 21.8 Å². The van der Waals surface area contributed by atoms with Crippen molar-refractivity contribution in [1.82, 2.24) is 5.32 Å². The minimum Gasteiger partial charge on any atom is -0.443 e. The Hall–Kier alpha value is -0.380. The van der Waals surface area contributed by atoms with Gasteiger partial charge in [0.2, 0.25) is 0 Å². The lowest BCUT2D eigenvalue weighted by atomic mass is 10.4. The third-order valence-electron chi connectivity index (χ3n) is 2.26. The van der Waals surface area contributed by atoms with Crippen LogP contribution in [-0.4, -0.2) is 36.6 Å². The smallest absolute Gasteiger partial charge is 0.287 e. The fourth-order valence-corrected chi connectivity index (χ4v) is 3.42. The van der Waals surface area contributed by atoms with Crippen molar-refractivity contribution in [2.45, 2.75) is 17.1 Å². The van der Waals surface area contributed by atoms with Gasteiger partial charge in [0.15, 0.2) is 10.4 Å². The van der Waals surface area contributed by atoms with Gasteiger partial charge >= 0.3 is 0 Å². The maximum atomic E-state index is 11.7. The molecule has 0 spiro atoms. The maximum absolute atomic E-state index is 11.7. The average molecular weight is 393 g/mol. The third kappa shape index (κ3) is 4.59. The van der Waals surface area contributed by atoms with Gasteiger partial charge in [-0.05, 0) is 22.9 Å². The predicted molar refractivity (Wildman–Crippen MR) is 75.3 cm³/mol. The van der Waals surface area contributed by atoms with Crippen molar-refractivity contribution in [1.29, 1.82) is 0 Å². The molecule has 108 valence electrons. The number of hydrogen-bond acceptors (Lipinski definition) is 5.